The molecular weight excluding hydrogens is 551 g/mol. The number of phosphoric ester groups is 1. The molecule has 0 aromatic heterocycles. The van der Waals surface area contributed by atoms with Crippen molar-refractivity contribution in [3.05, 3.63) is 0 Å². The number of rotatable bonds is 30. The molecule has 0 fully saturated rings. The lowest BCUT2D eigenvalue weighted by Gasteiger charge is -2.20. The van der Waals surface area contributed by atoms with Gasteiger partial charge >= 0.3 is 19.8 Å². The molecule has 41 heavy (non-hydrogen) atoms. The Morgan fingerprint density at radius 2 is 0.902 bits per heavy atom. The van der Waals surface area contributed by atoms with E-state index in [1.165, 1.54) is 83.5 Å². The Labute approximate surface area is 248 Å². The van der Waals surface area contributed by atoms with Gasteiger partial charge in [0.1, 0.15) is 12.2 Å². The molecule has 0 aliphatic rings. The highest BCUT2D eigenvalue weighted by Gasteiger charge is 2.27. The second-order valence-corrected chi connectivity index (χ2v) is 12.3. The average Bonchev–Trinajstić information content (AvgIpc) is 2.95. The molecule has 3 atom stereocenters. The first-order valence-corrected chi connectivity index (χ1v) is 17.5. The summed E-state index contributed by atoms with van der Waals surface area (Å²) >= 11 is 0. The highest BCUT2D eigenvalue weighted by Crippen LogP contribution is 2.43. The van der Waals surface area contributed by atoms with Crippen LogP contribution in [0.25, 0.3) is 0 Å². The topological polar surface area (TPSA) is 149 Å². The summed E-state index contributed by atoms with van der Waals surface area (Å²) < 4.78 is 31.7. The van der Waals surface area contributed by atoms with Crippen LogP contribution in [0.15, 0.2) is 0 Å². The minimum atomic E-state index is -4.59. The van der Waals surface area contributed by atoms with E-state index in [2.05, 4.69) is 6.92 Å². The van der Waals surface area contributed by atoms with E-state index >= 15 is 0 Å². The lowest BCUT2D eigenvalue weighted by Crippen LogP contribution is -2.28. The molecule has 0 rings (SSSR count). The fourth-order valence-electron chi connectivity index (χ4n) is 4.33. The first-order valence-electron chi connectivity index (χ1n) is 16.0. The third-order valence-electron chi connectivity index (χ3n) is 6.79. The normalized spacial score (nSPS) is 14.4. The van der Waals surface area contributed by atoms with E-state index in [9.17, 15) is 29.3 Å². The Hall–Kier alpha value is -1.03. The van der Waals surface area contributed by atoms with Crippen molar-refractivity contribution >= 4 is 19.8 Å². The van der Waals surface area contributed by atoms with Crippen molar-refractivity contribution in [1.82, 2.24) is 0 Å². The van der Waals surface area contributed by atoms with E-state index in [1.54, 1.807) is 6.92 Å². The highest BCUT2D eigenvalue weighted by molar-refractivity contribution is 7.47. The van der Waals surface area contributed by atoms with Crippen LogP contribution in [0.1, 0.15) is 142 Å². The minimum Gasteiger partial charge on any atom is -0.457 e. The van der Waals surface area contributed by atoms with Crippen LogP contribution in [-0.4, -0.2) is 65.7 Å². The van der Waals surface area contributed by atoms with Gasteiger partial charge in [-0.1, -0.05) is 117 Å². The molecular formula is C30H59O10P. The van der Waals surface area contributed by atoms with Crippen LogP contribution in [0.5, 0.6) is 0 Å². The zero-order valence-electron chi connectivity index (χ0n) is 25.8. The molecule has 0 radical (unpaired) electrons. The van der Waals surface area contributed by atoms with Gasteiger partial charge in [0.05, 0.1) is 26.4 Å². The van der Waals surface area contributed by atoms with Crippen molar-refractivity contribution < 1.29 is 47.8 Å². The summed E-state index contributed by atoms with van der Waals surface area (Å²) in [5.41, 5.74) is 0. The maximum Gasteiger partial charge on any atom is 0.472 e. The number of hydrogen-bond donors (Lipinski definition) is 3. The molecule has 0 spiro atoms. The maximum absolute atomic E-state index is 12.1. The van der Waals surface area contributed by atoms with Crippen LogP contribution in [-0.2, 0) is 32.7 Å². The molecule has 0 heterocycles. The predicted molar refractivity (Wildman–Crippen MR) is 159 cm³/mol. The number of aliphatic hydroxyl groups excluding tert-OH is 2. The van der Waals surface area contributed by atoms with E-state index in [0.717, 1.165) is 19.3 Å². The Bertz CT molecular complexity index is 676. The molecule has 0 bridgehead atoms. The number of carbonyl (C=O) groups is 2. The summed E-state index contributed by atoms with van der Waals surface area (Å²) in [6, 6.07) is 0. The van der Waals surface area contributed by atoms with Crippen molar-refractivity contribution in [3.63, 3.8) is 0 Å². The van der Waals surface area contributed by atoms with Gasteiger partial charge in [-0.15, -0.1) is 0 Å². The number of esters is 2. The molecule has 0 saturated carbocycles. The zero-order valence-corrected chi connectivity index (χ0v) is 26.7. The largest absolute Gasteiger partial charge is 0.472 e. The molecule has 244 valence electrons. The highest BCUT2D eigenvalue weighted by atomic mass is 31.2. The maximum atomic E-state index is 12.1. The third-order valence-corrected chi connectivity index (χ3v) is 7.74. The van der Waals surface area contributed by atoms with Gasteiger partial charge in [0, 0.05) is 12.8 Å². The summed E-state index contributed by atoms with van der Waals surface area (Å²) in [5.74, 6) is -1.07. The van der Waals surface area contributed by atoms with Crippen LogP contribution in [0, 0.1) is 0 Å². The molecule has 11 heteroatoms. The SMILES string of the molecule is CCCCCCCCCCCCCCCCCCCC(=O)OC(CO)COP(=O)(O)OCC(CO)OC(=O)CCC. The van der Waals surface area contributed by atoms with E-state index in [0.29, 0.717) is 12.8 Å². The zero-order chi connectivity index (χ0) is 30.6. The standard InChI is InChI=1S/C30H59O10P/c1-3-5-6-7-8-9-10-11-12-13-14-15-16-17-18-19-20-22-30(34)40-28(24-32)26-38-41(35,36)37-25-27(23-31)39-29(33)21-4-2/h27-28,31-32H,3-26H2,1-2H3,(H,35,36). The van der Waals surface area contributed by atoms with E-state index in [-0.39, 0.29) is 12.8 Å². The van der Waals surface area contributed by atoms with Crippen molar-refractivity contribution in [1.29, 1.82) is 0 Å². The number of phosphoric acid groups is 1. The van der Waals surface area contributed by atoms with Crippen LogP contribution >= 0.6 is 7.82 Å². The van der Waals surface area contributed by atoms with Crippen molar-refractivity contribution in [2.75, 3.05) is 26.4 Å². The predicted octanol–water partition coefficient (Wildman–Crippen LogP) is 6.77. The first-order chi connectivity index (χ1) is 19.8. The summed E-state index contributed by atoms with van der Waals surface area (Å²) in [6.07, 6.45) is 19.9. The Kier molecular flexibility index (Phi) is 27.1. The molecule has 3 N–H and O–H groups in total. The molecule has 0 amide bonds. The third kappa shape index (κ3) is 26.3. The van der Waals surface area contributed by atoms with Gasteiger partial charge in [-0.05, 0) is 12.8 Å². The van der Waals surface area contributed by atoms with E-state index < -0.39 is 58.4 Å². The van der Waals surface area contributed by atoms with Crippen LogP contribution < -0.4 is 0 Å². The monoisotopic (exact) mass is 610 g/mol. The van der Waals surface area contributed by atoms with Gasteiger partial charge in [0.15, 0.2) is 0 Å². The average molecular weight is 611 g/mol. The van der Waals surface area contributed by atoms with Gasteiger partial charge in [0.25, 0.3) is 0 Å². The van der Waals surface area contributed by atoms with E-state index in [1.807, 2.05) is 0 Å². The molecule has 3 unspecified atom stereocenters. The number of ether oxygens (including phenoxy) is 2. The minimum absolute atomic E-state index is 0.146. The summed E-state index contributed by atoms with van der Waals surface area (Å²) in [7, 11) is -4.59. The second kappa shape index (κ2) is 27.8. The van der Waals surface area contributed by atoms with Gasteiger partial charge in [-0.25, -0.2) is 4.57 Å². The fourth-order valence-corrected chi connectivity index (χ4v) is 5.11. The van der Waals surface area contributed by atoms with Crippen molar-refractivity contribution in [2.24, 2.45) is 0 Å². The van der Waals surface area contributed by atoms with Gasteiger partial charge in [-0.3, -0.25) is 18.6 Å². The Balaban J connectivity index is 3.80. The Morgan fingerprint density at radius 3 is 1.24 bits per heavy atom. The fraction of sp³-hybridized carbons (Fsp3) is 0.933. The number of carbonyl (C=O) groups excluding carboxylic acids is 2. The smallest absolute Gasteiger partial charge is 0.457 e. The van der Waals surface area contributed by atoms with Gasteiger partial charge < -0.3 is 24.6 Å². The summed E-state index contributed by atoms with van der Waals surface area (Å²) in [6.45, 7) is 1.76. The molecule has 0 aromatic carbocycles. The lowest BCUT2D eigenvalue weighted by atomic mass is 10.0. The van der Waals surface area contributed by atoms with Gasteiger partial charge in [0.2, 0.25) is 0 Å². The lowest BCUT2D eigenvalue weighted by molar-refractivity contribution is -0.153. The number of hydrogen-bond acceptors (Lipinski definition) is 9. The quantitative estimate of drug-likeness (QED) is 0.0452. The van der Waals surface area contributed by atoms with Gasteiger partial charge in [-0.2, -0.15) is 0 Å². The summed E-state index contributed by atoms with van der Waals surface area (Å²) in [5, 5.41) is 18.7. The molecule has 0 aromatic rings. The van der Waals surface area contributed by atoms with Crippen molar-refractivity contribution in [2.45, 2.75) is 154 Å². The second-order valence-electron chi connectivity index (χ2n) is 10.8. The molecule has 10 nitrogen and oxygen atoms in total. The van der Waals surface area contributed by atoms with Crippen molar-refractivity contribution in [3.8, 4) is 0 Å². The number of aliphatic hydroxyl groups is 2. The Morgan fingerprint density at radius 1 is 0.561 bits per heavy atom. The first kappa shape index (κ1) is 40.0. The van der Waals surface area contributed by atoms with Crippen LogP contribution in [0.3, 0.4) is 0 Å². The van der Waals surface area contributed by atoms with E-state index in [4.69, 9.17) is 18.5 Å². The molecule has 0 saturated heterocycles. The summed E-state index contributed by atoms with van der Waals surface area (Å²) in [4.78, 5) is 33.4. The van der Waals surface area contributed by atoms with Crippen LogP contribution in [0.4, 0.5) is 0 Å². The molecule has 0 aliphatic carbocycles. The number of unbranched alkanes of at least 4 members (excludes halogenated alkanes) is 16. The molecule has 0 aliphatic heterocycles. The van der Waals surface area contributed by atoms with Crippen LogP contribution in [0.2, 0.25) is 0 Å².